The quantitative estimate of drug-likeness (QED) is 0.483. The lowest BCUT2D eigenvalue weighted by atomic mass is 10.2. The van der Waals surface area contributed by atoms with Gasteiger partial charge in [-0.3, -0.25) is 4.79 Å². The van der Waals surface area contributed by atoms with Crippen molar-refractivity contribution in [2.75, 3.05) is 17.6 Å². The van der Waals surface area contributed by atoms with E-state index in [1.807, 2.05) is 54.6 Å². The first-order valence-corrected chi connectivity index (χ1v) is 10.7. The van der Waals surface area contributed by atoms with Crippen molar-refractivity contribution in [3.8, 4) is 11.5 Å². The zero-order valence-electron chi connectivity index (χ0n) is 15.7. The summed E-state index contributed by atoms with van der Waals surface area (Å²) in [6.45, 7) is 4.82. The third-order valence-corrected chi connectivity index (χ3v) is 5.50. The molecule has 28 heavy (non-hydrogen) atoms. The first-order valence-electron chi connectivity index (χ1n) is 8.91. The number of nitrogens with zero attached hydrogens (tertiary/aromatic N) is 2. The molecule has 3 aromatic rings. The van der Waals surface area contributed by atoms with Crippen molar-refractivity contribution in [1.29, 1.82) is 0 Å². The fourth-order valence-electron chi connectivity index (χ4n) is 2.17. The molecule has 0 aliphatic rings. The van der Waals surface area contributed by atoms with E-state index in [2.05, 4.69) is 34.7 Å². The Morgan fingerprint density at radius 3 is 2.50 bits per heavy atom. The standard InChI is InChI=1S/C20H22N4O2S2/c1-14(2)12-21-18(25)13-27-20-24-23-19(28-20)22-15-8-10-17(11-9-15)26-16-6-4-3-5-7-16/h3-11,14H,12-13H2,1-2H3,(H,21,25)(H,22,23). The van der Waals surface area contributed by atoms with Crippen molar-refractivity contribution in [1.82, 2.24) is 15.5 Å². The molecule has 6 nitrogen and oxygen atoms in total. The Kier molecular flexibility index (Phi) is 7.27. The summed E-state index contributed by atoms with van der Waals surface area (Å²) < 4.78 is 6.54. The largest absolute Gasteiger partial charge is 0.457 e. The minimum absolute atomic E-state index is 0.0115. The summed E-state index contributed by atoms with van der Waals surface area (Å²) in [5.41, 5.74) is 0.891. The number of para-hydroxylation sites is 1. The number of ether oxygens (including phenoxy) is 1. The molecule has 0 radical (unpaired) electrons. The molecular formula is C20H22N4O2S2. The van der Waals surface area contributed by atoms with Crippen molar-refractivity contribution in [3.63, 3.8) is 0 Å². The van der Waals surface area contributed by atoms with Gasteiger partial charge >= 0.3 is 0 Å². The lowest BCUT2D eigenvalue weighted by Gasteiger charge is -2.07. The fraction of sp³-hybridized carbons (Fsp3) is 0.250. The molecule has 2 N–H and O–H groups in total. The van der Waals surface area contributed by atoms with Crippen molar-refractivity contribution >= 4 is 39.8 Å². The summed E-state index contributed by atoms with van der Waals surface area (Å²) in [6, 6.07) is 17.3. The number of amides is 1. The van der Waals surface area contributed by atoms with Crippen LogP contribution in [0.2, 0.25) is 0 Å². The van der Waals surface area contributed by atoms with Crippen LogP contribution in [-0.4, -0.2) is 28.4 Å². The minimum atomic E-state index is 0.0115. The molecule has 8 heteroatoms. The minimum Gasteiger partial charge on any atom is -0.457 e. The van der Waals surface area contributed by atoms with Gasteiger partial charge in [0, 0.05) is 12.2 Å². The molecule has 0 spiro atoms. The summed E-state index contributed by atoms with van der Waals surface area (Å²) in [4.78, 5) is 11.8. The highest BCUT2D eigenvalue weighted by atomic mass is 32.2. The molecule has 0 unspecified atom stereocenters. The normalized spacial score (nSPS) is 10.7. The lowest BCUT2D eigenvalue weighted by molar-refractivity contribution is -0.118. The maximum atomic E-state index is 11.8. The first-order chi connectivity index (χ1) is 13.6. The zero-order chi connectivity index (χ0) is 19.8. The smallest absolute Gasteiger partial charge is 0.230 e. The molecule has 0 aliphatic heterocycles. The maximum absolute atomic E-state index is 11.8. The van der Waals surface area contributed by atoms with E-state index < -0.39 is 0 Å². The van der Waals surface area contributed by atoms with Gasteiger partial charge in [0.1, 0.15) is 11.5 Å². The predicted octanol–water partition coefficient (Wildman–Crippen LogP) is 4.94. The molecule has 0 aliphatic carbocycles. The number of hydrogen-bond acceptors (Lipinski definition) is 7. The molecule has 1 heterocycles. The molecule has 1 aromatic heterocycles. The van der Waals surface area contributed by atoms with Crippen molar-refractivity contribution in [2.24, 2.45) is 5.92 Å². The van der Waals surface area contributed by atoms with Gasteiger partial charge in [0.05, 0.1) is 5.75 Å². The second-order valence-corrected chi connectivity index (χ2v) is 8.62. The molecule has 0 bridgehead atoms. The molecular weight excluding hydrogens is 392 g/mol. The number of carbonyl (C=O) groups excluding carboxylic acids is 1. The van der Waals surface area contributed by atoms with Crippen LogP contribution >= 0.6 is 23.1 Å². The highest BCUT2D eigenvalue weighted by Crippen LogP contribution is 2.29. The van der Waals surface area contributed by atoms with Gasteiger partial charge < -0.3 is 15.4 Å². The van der Waals surface area contributed by atoms with Crippen LogP contribution in [0.5, 0.6) is 11.5 Å². The van der Waals surface area contributed by atoms with Crippen LogP contribution in [0.3, 0.4) is 0 Å². The molecule has 0 saturated heterocycles. The second kappa shape index (κ2) is 10.1. The summed E-state index contributed by atoms with van der Waals surface area (Å²) in [5.74, 6) is 2.35. The van der Waals surface area contributed by atoms with E-state index in [1.165, 1.54) is 23.1 Å². The number of rotatable bonds is 9. The Morgan fingerprint density at radius 1 is 1.07 bits per heavy atom. The van der Waals surface area contributed by atoms with Crippen molar-refractivity contribution in [2.45, 2.75) is 18.2 Å². The Hall–Kier alpha value is -2.58. The van der Waals surface area contributed by atoms with E-state index in [4.69, 9.17) is 4.74 Å². The average Bonchev–Trinajstić information content (AvgIpc) is 3.14. The predicted molar refractivity (Wildman–Crippen MR) is 115 cm³/mol. The van der Waals surface area contributed by atoms with Gasteiger partial charge in [0.25, 0.3) is 0 Å². The van der Waals surface area contributed by atoms with Gasteiger partial charge in [-0.1, -0.05) is 55.1 Å². The number of anilines is 2. The zero-order valence-corrected chi connectivity index (χ0v) is 17.3. The molecule has 146 valence electrons. The molecule has 3 rings (SSSR count). The monoisotopic (exact) mass is 414 g/mol. The molecule has 0 saturated carbocycles. The van der Waals surface area contributed by atoms with Crippen LogP contribution in [0, 0.1) is 5.92 Å². The van der Waals surface area contributed by atoms with E-state index >= 15 is 0 Å². The van der Waals surface area contributed by atoms with Crippen LogP contribution in [0.4, 0.5) is 10.8 Å². The first kappa shape index (κ1) is 20.2. The number of benzene rings is 2. The maximum Gasteiger partial charge on any atom is 0.230 e. The third-order valence-electron chi connectivity index (χ3n) is 3.53. The topological polar surface area (TPSA) is 76.1 Å². The van der Waals surface area contributed by atoms with Crippen LogP contribution in [0.1, 0.15) is 13.8 Å². The van der Waals surface area contributed by atoms with Crippen molar-refractivity contribution in [3.05, 3.63) is 54.6 Å². The van der Waals surface area contributed by atoms with Gasteiger partial charge in [-0.2, -0.15) is 0 Å². The van der Waals surface area contributed by atoms with Crippen LogP contribution in [0.25, 0.3) is 0 Å². The van der Waals surface area contributed by atoms with Gasteiger partial charge in [-0.05, 0) is 42.3 Å². The van der Waals surface area contributed by atoms with Gasteiger partial charge in [0.15, 0.2) is 4.34 Å². The Labute approximate surface area is 172 Å². The van der Waals surface area contributed by atoms with Crippen molar-refractivity contribution < 1.29 is 9.53 Å². The van der Waals surface area contributed by atoms with E-state index in [1.54, 1.807) is 0 Å². The summed E-state index contributed by atoms with van der Waals surface area (Å²) in [6.07, 6.45) is 0. The van der Waals surface area contributed by atoms with E-state index in [9.17, 15) is 4.79 Å². The van der Waals surface area contributed by atoms with E-state index in [-0.39, 0.29) is 5.91 Å². The van der Waals surface area contributed by atoms with E-state index in [0.29, 0.717) is 23.3 Å². The van der Waals surface area contributed by atoms with Gasteiger partial charge in [0.2, 0.25) is 11.0 Å². The fourth-order valence-corrected chi connectivity index (χ4v) is 3.77. The summed E-state index contributed by atoms with van der Waals surface area (Å²) >= 11 is 2.81. The Bertz CT molecular complexity index is 883. The molecule has 2 aromatic carbocycles. The summed E-state index contributed by atoms with van der Waals surface area (Å²) in [7, 11) is 0. The van der Waals surface area contributed by atoms with Gasteiger partial charge in [-0.15, -0.1) is 10.2 Å². The number of carbonyl (C=O) groups is 1. The lowest BCUT2D eigenvalue weighted by Crippen LogP contribution is -2.28. The average molecular weight is 415 g/mol. The summed E-state index contributed by atoms with van der Waals surface area (Å²) in [5, 5.41) is 15.0. The van der Waals surface area contributed by atoms with Crippen LogP contribution in [0.15, 0.2) is 58.9 Å². The molecule has 0 fully saturated rings. The van der Waals surface area contributed by atoms with Crippen LogP contribution in [-0.2, 0) is 4.79 Å². The Balaban J connectivity index is 1.48. The number of thioether (sulfide) groups is 1. The second-order valence-electron chi connectivity index (χ2n) is 6.42. The number of hydrogen-bond donors (Lipinski definition) is 2. The van der Waals surface area contributed by atoms with Gasteiger partial charge in [-0.25, -0.2) is 0 Å². The molecule has 1 amide bonds. The molecule has 0 atom stereocenters. The third kappa shape index (κ3) is 6.54. The number of aromatic nitrogens is 2. The number of nitrogens with one attached hydrogen (secondary N) is 2. The van der Waals surface area contributed by atoms with Crippen LogP contribution < -0.4 is 15.4 Å². The highest BCUT2D eigenvalue weighted by Gasteiger charge is 2.09. The highest BCUT2D eigenvalue weighted by molar-refractivity contribution is 8.01. The van der Waals surface area contributed by atoms with E-state index in [0.717, 1.165) is 21.5 Å². The SMILES string of the molecule is CC(C)CNC(=O)CSc1nnc(Nc2ccc(Oc3ccccc3)cc2)s1. The Morgan fingerprint density at radius 2 is 1.79 bits per heavy atom.